The minimum absolute atomic E-state index is 0.0359. The molecular weight excluding hydrogens is 723 g/mol. The second kappa shape index (κ2) is 12.0. The van der Waals surface area contributed by atoms with E-state index in [-0.39, 0.29) is 33.8 Å². The summed E-state index contributed by atoms with van der Waals surface area (Å²) in [6.07, 6.45) is 22.7. The summed E-state index contributed by atoms with van der Waals surface area (Å²) < 4.78 is 0. The number of nitrogens with zero attached hydrogens (tertiary/aromatic N) is 2. The first-order valence-corrected chi connectivity index (χ1v) is 23.4. The van der Waals surface area contributed by atoms with E-state index < -0.39 is 0 Å². The van der Waals surface area contributed by atoms with Gasteiger partial charge in [-0.15, -0.1) is 0 Å². The van der Waals surface area contributed by atoms with Gasteiger partial charge in [-0.25, -0.2) is 0 Å². The third-order valence-corrected chi connectivity index (χ3v) is 17.4. The van der Waals surface area contributed by atoms with E-state index in [4.69, 9.17) is 0 Å². The SMILES string of the molecule is CC1=CC2C3=C(C=CC2C=C1)N(c1c(C)cc(C(C)(C)C)cc1C)c1cc(C)cc2c1B3C1=C3C4C(C=C1)C(C)(C)CCC4(C)c1cc4c(cc1N32)C(C)(C)CCC4(C)C. The third-order valence-electron chi connectivity index (χ3n) is 17.4. The molecule has 2 nitrogen and oxygen atoms in total. The Balaban J connectivity index is 1.27. The molecule has 0 N–H and O–H groups in total. The Kier molecular flexibility index (Phi) is 7.75. The smallest absolute Gasteiger partial charge is 0.247 e. The van der Waals surface area contributed by atoms with E-state index in [1.807, 2.05) is 0 Å². The monoisotopic (exact) mass is 791 g/mol. The first kappa shape index (κ1) is 38.7. The molecule has 3 aromatic carbocycles. The maximum atomic E-state index is 2.87. The van der Waals surface area contributed by atoms with Crippen LogP contribution in [-0.4, -0.2) is 6.71 Å². The summed E-state index contributed by atoms with van der Waals surface area (Å²) in [5, 5.41) is 0. The molecule has 3 aliphatic heterocycles. The van der Waals surface area contributed by atoms with Gasteiger partial charge in [0.1, 0.15) is 0 Å². The van der Waals surface area contributed by atoms with Gasteiger partial charge in [0.25, 0.3) is 0 Å². The van der Waals surface area contributed by atoms with Crippen molar-refractivity contribution in [2.24, 2.45) is 29.1 Å². The predicted octanol–water partition coefficient (Wildman–Crippen LogP) is 14.1. The lowest BCUT2D eigenvalue weighted by Crippen LogP contribution is -2.60. The molecule has 11 rings (SSSR count). The van der Waals surface area contributed by atoms with E-state index in [2.05, 4.69) is 186 Å². The highest BCUT2D eigenvalue weighted by Gasteiger charge is 2.61. The van der Waals surface area contributed by atoms with E-state index in [9.17, 15) is 0 Å². The molecule has 60 heavy (non-hydrogen) atoms. The van der Waals surface area contributed by atoms with Crippen LogP contribution in [0.15, 0.2) is 107 Å². The summed E-state index contributed by atoms with van der Waals surface area (Å²) in [6.45, 7) is 34.5. The highest BCUT2D eigenvalue weighted by Crippen LogP contribution is 2.67. The molecule has 3 heteroatoms. The Morgan fingerprint density at radius 1 is 0.650 bits per heavy atom. The van der Waals surface area contributed by atoms with Crippen molar-refractivity contribution in [3.63, 3.8) is 0 Å². The maximum absolute atomic E-state index is 2.87. The molecule has 0 aromatic heterocycles. The van der Waals surface area contributed by atoms with Crippen molar-refractivity contribution in [3.8, 4) is 0 Å². The number of aryl methyl sites for hydroxylation is 3. The largest absolute Gasteiger partial charge is 0.315 e. The Bertz CT molecular complexity index is 2640. The molecule has 8 aliphatic rings. The normalized spacial score (nSPS) is 29.4. The maximum Gasteiger partial charge on any atom is 0.247 e. The van der Waals surface area contributed by atoms with Crippen LogP contribution in [0, 0.1) is 49.9 Å². The van der Waals surface area contributed by atoms with E-state index in [0.29, 0.717) is 23.7 Å². The van der Waals surface area contributed by atoms with Crippen LogP contribution in [-0.2, 0) is 21.7 Å². The fourth-order valence-corrected chi connectivity index (χ4v) is 13.9. The van der Waals surface area contributed by atoms with Crippen molar-refractivity contribution in [2.75, 3.05) is 9.80 Å². The van der Waals surface area contributed by atoms with Crippen LogP contribution in [0.5, 0.6) is 0 Å². The number of rotatable bonds is 1. The molecule has 0 saturated heterocycles. The zero-order valence-electron chi connectivity index (χ0n) is 39.1. The molecule has 0 amide bonds. The molecule has 1 fully saturated rings. The second-order valence-electron chi connectivity index (χ2n) is 23.9. The van der Waals surface area contributed by atoms with Gasteiger partial charge < -0.3 is 9.80 Å². The molecule has 5 aliphatic carbocycles. The van der Waals surface area contributed by atoms with Crippen molar-refractivity contribution in [1.29, 1.82) is 0 Å². The topological polar surface area (TPSA) is 6.48 Å². The van der Waals surface area contributed by atoms with Gasteiger partial charge in [0, 0.05) is 51.6 Å². The van der Waals surface area contributed by atoms with Crippen LogP contribution in [0.4, 0.5) is 22.7 Å². The lowest BCUT2D eigenvalue weighted by molar-refractivity contribution is 0.0578. The lowest BCUT2D eigenvalue weighted by atomic mass is 9.28. The lowest BCUT2D eigenvalue weighted by Gasteiger charge is -2.62. The number of hydrogen-bond donors (Lipinski definition) is 0. The van der Waals surface area contributed by atoms with Crippen LogP contribution in [0.1, 0.15) is 141 Å². The van der Waals surface area contributed by atoms with E-state index in [0.717, 1.165) is 0 Å². The molecule has 3 aromatic rings. The molecule has 3 heterocycles. The minimum Gasteiger partial charge on any atom is -0.315 e. The summed E-state index contributed by atoms with van der Waals surface area (Å²) in [4.78, 5) is 5.60. The van der Waals surface area contributed by atoms with Crippen LogP contribution < -0.4 is 15.3 Å². The number of anilines is 4. The fourth-order valence-electron chi connectivity index (χ4n) is 13.9. The van der Waals surface area contributed by atoms with Gasteiger partial charge in [0.15, 0.2) is 0 Å². The van der Waals surface area contributed by atoms with Gasteiger partial charge in [-0.2, -0.15) is 0 Å². The fraction of sp³-hybridized carbons (Fsp3) is 0.474. The van der Waals surface area contributed by atoms with Crippen molar-refractivity contribution in [1.82, 2.24) is 0 Å². The number of fused-ring (bicyclic) bond motifs is 9. The Morgan fingerprint density at radius 3 is 1.95 bits per heavy atom. The summed E-state index contributed by atoms with van der Waals surface area (Å²) in [7, 11) is 0. The number of benzene rings is 3. The predicted molar refractivity (Wildman–Crippen MR) is 257 cm³/mol. The van der Waals surface area contributed by atoms with Gasteiger partial charge in [-0.05, 0) is 155 Å². The molecule has 0 radical (unpaired) electrons. The summed E-state index contributed by atoms with van der Waals surface area (Å²) in [6, 6.07) is 15.6. The van der Waals surface area contributed by atoms with Gasteiger partial charge in [0.05, 0.1) is 5.69 Å². The quantitative estimate of drug-likeness (QED) is 0.227. The molecule has 1 saturated carbocycles. The summed E-state index contributed by atoms with van der Waals surface area (Å²) in [5.74, 6) is 1.52. The van der Waals surface area contributed by atoms with E-state index in [1.165, 1.54) is 87.4 Å². The van der Waals surface area contributed by atoms with Gasteiger partial charge in [-0.3, -0.25) is 0 Å². The Morgan fingerprint density at radius 2 is 1.28 bits per heavy atom. The van der Waals surface area contributed by atoms with Crippen molar-refractivity contribution < 1.29 is 0 Å². The van der Waals surface area contributed by atoms with E-state index in [1.54, 1.807) is 33.3 Å². The highest BCUT2D eigenvalue weighted by molar-refractivity contribution is 6.90. The number of allylic oxidation sites excluding steroid dienone is 11. The molecule has 308 valence electrons. The average molecular weight is 791 g/mol. The summed E-state index contributed by atoms with van der Waals surface area (Å²) in [5.41, 5.74) is 25.4. The van der Waals surface area contributed by atoms with Crippen LogP contribution in [0.3, 0.4) is 0 Å². The second-order valence-corrected chi connectivity index (χ2v) is 23.9. The first-order valence-electron chi connectivity index (χ1n) is 23.4. The molecule has 5 atom stereocenters. The Hall–Kier alpha value is -4.24. The average Bonchev–Trinajstić information content (AvgIpc) is 3.17. The zero-order valence-corrected chi connectivity index (χ0v) is 39.1. The van der Waals surface area contributed by atoms with Crippen molar-refractivity contribution >= 4 is 34.9 Å². The van der Waals surface area contributed by atoms with E-state index >= 15 is 0 Å². The van der Waals surface area contributed by atoms with Crippen molar-refractivity contribution in [2.45, 2.75) is 144 Å². The highest BCUT2D eigenvalue weighted by atomic mass is 15.2. The van der Waals surface area contributed by atoms with Gasteiger partial charge >= 0.3 is 0 Å². The zero-order chi connectivity index (χ0) is 42.4. The van der Waals surface area contributed by atoms with Crippen molar-refractivity contribution in [3.05, 3.63) is 146 Å². The third kappa shape index (κ3) is 5.02. The first-order chi connectivity index (χ1) is 28.1. The minimum atomic E-state index is 0.0359. The van der Waals surface area contributed by atoms with Crippen LogP contribution in [0.2, 0.25) is 0 Å². The van der Waals surface area contributed by atoms with Gasteiger partial charge in [0.2, 0.25) is 6.71 Å². The molecule has 5 unspecified atom stereocenters. The summed E-state index contributed by atoms with van der Waals surface area (Å²) >= 11 is 0. The Labute approximate surface area is 362 Å². The van der Waals surface area contributed by atoms with Crippen LogP contribution in [0.25, 0.3) is 0 Å². The molecular formula is C57H67BN2. The standard InChI is InChI=1S/C57H67BN2/c1-32-15-16-36-17-20-44-49(38(36)25-32)58-43-19-18-39-48-52(43)60(47-27-33(2)26-46(50(47)58)59(44)51-34(3)28-37(29-35(51)4)53(5,6)7)45-31-41-40(55(10,11)21-22-56(41,12)13)30-42(45)57(48,14)24-23-54(39,8)9/h15-20,25-31,36,38-39,48H,21-24H2,1-14H3. The van der Waals surface area contributed by atoms with Crippen LogP contribution >= 0.6 is 0 Å². The van der Waals surface area contributed by atoms with Gasteiger partial charge in [-0.1, -0.05) is 135 Å². The number of hydrogen-bond acceptors (Lipinski definition) is 2. The molecule has 0 bridgehead atoms. The molecule has 0 spiro atoms.